The molecule has 10 nitrogen and oxygen atoms in total. The molecule has 2 fully saturated rings. The number of piperazine rings is 1. The normalized spacial score (nSPS) is 17.4. The minimum atomic E-state index is -0.477. The number of morpholine rings is 1. The highest BCUT2D eigenvalue weighted by molar-refractivity contribution is 5.58. The number of nitrogens with zero attached hydrogens (tertiary/aromatic N) is 8. The van der Waals surface area contributed by atoms with Gasteiger partial charge < -0.3 is 19.9 Å². The lowest BCUT2D eigenvalue weighted by molar-refractivity contribution is 0.122. The molecular weight excluding hydrogens is 473 g/mol. The van der Waals surface area contributed by atoms with E-state index in [0.29, 0.717) is 26.3 Å². The maximum absolute atomic E-state index is 14.2. The van der Waals surface area contributed by atoms with Gasteiger partial charge in [0.05, 0.1) is 37.0 Å². The SMILES string of the molecule is CN1CCN(Cc2ccc(Nc3ccc(CN=Nc4ncc(F)c(N5CCOCC5)n4)nc3)cc2)CC1. The van der Waals surface area contributed by atoms with E-state index in [1.165, 1.54) is 5.56 Å². The first kappa shape index (κ1) is 25.1. The lowest BCUT2D eigenvalue weighted by atomic mass is 10.1. The van der Waals surface area contributed by atoms with Crippen LogP contribution < -0.4 is 10.2 Å². The molecule has 11 heteroatoms. The molecule has 3 aromatic rings. The highest BCUT2D eigenvalue weighted by Gasteiger charge is 2.18. The molecule has 2 saturated heterocycles. The summed E-state index contributed by atoms with van der Waals surface area (Å²) in [4.78, 5) is 19.3. The van der Waals surface area contributed by atoms with Gasteiger partial charge in [-0.1, -0.05) is 12.1 Å². The summed E-state index contributed by atoms with van der Waals surface area (Å²) in [6.07, 6.45) is 2.90. The summed E-state index contributed by atoms with van der Waals surface area (Å²) in [6.45, 7) is 7.97. The van der Waals surface area contributed by atoms with Crippen LogP contribution in [0.5, 0.6) is 0 Å². The van der Waals surface area contributed by atoms with Gasteiger partial charge in [0.1, 0.15) is 6.54 Å². The molecule has 2 aliphatic rings. The van der Waals surface area contributed by atoms with Gasteiger partial charge in [0.15, 0.2) is 11.6 Å². The maximum Gasteiger partial charge on any atom is 0.270 e. The van der Waals surface area contributed by atoms with Crippen LogP contribution in [0.2, 0.25) is 0 Å². The molecule has 2 aliphatic heterocycles. The van der Waals surface area contributed by atoms with E-state index in [1.807, 2.05) is 17.0 Å². The van der Waals surface area contributed by atoms with Crippen LogP contribution in [-0.4, -0.2) is 84.3 Å². The van der Waals surface area contributed by atoms with Crippen LogP contribution in [-0.2, 0) is 17.8 Å². The summed E-state index contributed by atoms with van der Waals surface area (Å²) in [5, 5.41) is 11.6. The summed E-state index contributed by atoms with van der Waals surface area (Å²) in [7, 11) is 2.17. The Bertz CT molecular complexity index is 1180. The van der Waals surface area contributed by atoms with E-state index < -0.39 is 5.82 Å². The average molecular weight is 506 g/mol. The van der Waals surface area contributed by atoms with Crippen molar-refractivity contribution in [3.05, 3.63) is 65.9 Å². The highest BCUT2D eigenvalue weighted by atomic mass is 19.1. The van der Waals surface area contributed by atoms with Crippen LogP contribution in [0.3, 0.4) is 0 Å². The first-order valence-corrected chi connectivity index (χ1v) is 12.6. The molecule has 2 aromatic heterocycles. The fourth-order valence-corrected chi connectivity index (χ4v) is 4.28. The Labute approximate surface area is 216 Å². The zero-order chi connectivity index (χ0) is 25.5. The van der Waals surface area contributed by atoms with Crippen molar-refractivity contribution in [2.75, 3.05) is 69.7 Å². The van der Waals surface area contributed by atoms with Crippen LogP contribution in [0.4, 0.5) is 27.5 Å². The fraction of sp³-hybridized carbons (Fsp3) is 0.423. The minimum absolute atomic E-state index is 0.122. The number of pyridine rings is 1. The van der Waals surface area contributed by atoms with Crippen molar-refractivity contribution in [2.24, 2.45) is 10.2 Å². The molecule has 5 rings (SSSR count). The predicted molar refractivity (Wildman–Crippen MR) is 140 cm³/mol. The summed E-state index contributed by atoms with van der Waals surface area (Å²) in [5.41, 5.74) is 3.98. The zero-order valence-corrected chi connectivity index (χ0v) is 21.1. The summed E-state index contributed by atoms with van der Waals surface area (Å²) in [5.74, 6) is -0.124. The second-order valence-corrected chi connectivity index (χ2v) is 9.28. The number of likely N-dealkylation sites (N-methyl/N-ethyl adjacent to an activating group) is 1. The Hall–Kier alpha value is -3.54. The van der Waals surface area contributed by atoms with E-state index in [1.54, 1.807) is 6.20 Å². The van der Waals surface area contributed by atoms with Gasteiger partial charge in [-0.3, -0.25) is 9.88 Å². The Kier molecular flexibility index (Phi) is 8.24. The van der Waals surface area contributed by atoms with Gasteiger partial charge in [-0.2, -0.15) is 10.1 Å². The Morgan fingerprint density at radius 3 is 2.41 bits per heavy atom. The average Bonchev–Trinajstić information content (AvgIpc) is 2.93. The second kappa shape index (κ2) is 12.1. The van der Waals surface area contributed by atoms with Crippen molar-refractivity contribution in [3.8, 4) is 0 Å². The molecule has 1 N–H and O–H groups in total. The number of aromatic nitrogens is 3. The zero-order valence-electron chi connectivity index (χ0n) is 21.1. The van der Waals surface area contributed by atoms with E-state index >= 15 is 0 Å². The van der Waals surface area contributed by atoms with E-state index in [-0.39, 0.29) is 18.3 Å². The van der Waals surface area contributed by atoms with Crippen molar-refractivity contribution < 1.29 is 9.13 Å². The van der Waals surface area contributed by atoms with Crippen molar-refractivity contribution in [2.45, 2.75) is 13.1 Å². The number of azo groups is 1. The summed E-state index contributed by atoms with van der Waals surface area (Å²) < 4.78 is 19.5. The predicted octanol–water partition coefficient (Wildman–Crippen LogP) is 3.62. The van der Waals surface area contributed by atoms with Crippen molar-refractivity contribution in [1.29, 1.82) is 0 Å². The number of benzene rings is 1. The number of nitrogens with one attached hydrogen (secondary N) is 1. The molecule has 0 radical (unpaired) electrons. The first-order chi connectivity index (χ1) is 18.1. The summed E-state index contributed by atoms with van der Waals surface area (Å²) >= 11 is 0. The van der Waals surface area contributed by atoms with E-state index in [0.717, 1.165) is 56.0 Å². The monoisotopic (exact) mass is 505 g/mol. The Balaban J connectivity index is 1.12. The molecule has 37 heavy (non-hydrogen) atoms. The lowest BCUT2D eigenvalue weighted by Gasteiger charge is -2.32. The molecule has 0 amide bonds. The van der Waals surface area contributed by atoms with Crippen LogP contribution in [0.15, 0.2) is 59.0 Å². The molecule has 0 aliphatic carbocycles. The third-order valence-corrected chi connectivity index (χ3v) is 6.49. The first-order valence-electron chi connectivity index (χ1n) is 12.6. The van der Waals surface area contributed by atoms with Crippen molar-refractivity contribution in [3.63, 3.8) is 0 Å². The number of ether oxygens (including phenoxy) is 1. The van der Waals surface area contributed by atoms with Gasteiger partial charge in [0.2, 0.25) is 0 Å². The maximum atomic E-state index is 14.2. The smallest absolute Gasteiger partial charge is 0.270 e. The van der Waals surface area contributed by atoms with Crippen molar-refractivity contribution in [1.82, 2.24) is 24.8 Å². The quantitative estimate of drug-likeness (QED) is 0.464. The van der Waals surface area contributed by atoms with Crippen LogP contribution in [0.1, 0.15) is 11.3 Å². The van der Waals surface area contributed by atoms with Gasteiger partial charge >= 0.3 is 0 Å². The molecule has 0 bridgehead atoms. The number of halogens is 1. The van der Waals surface area contributed by atoms with Crippen molar-refractivity contribution >= 4 is 23.1 Å². The molecule has 4 heterocycles. The highest BCUT2D eigenvalue weighted by Crippen LogP contribution is 2.21. The van der Waals surface area contributed by atoms with Gasteiger partial charge in [0.25, 0.3) is 5.95 Å². The van der Waals surface area contributed by atoms with Gasteiger partial charge in [-0.25, -0.2) is 9.37 Å². The number of rotatable bonds is 8. The molecule has 0 unspecified atom stereocenters. The number of anilines is 3. The van der Waals surface area contributed by atoms with Crippen LogP contribution >= 0.6 is 0 Å². The fourth-order valence-electron chi connectivity index (χ4n) is 4.28. The number of hydrogen-bond acceptors (Lipinski definition) is 10. The van der Waals surface area contributed by atoms with E-state index in [2.05, 4.69) is 71.6 Å². The third kappa shape index (κ3) is 7.03. The van der Waals surface area contributed by atoms with Gasteiger partial charge in [-0.05, 0) is 36.9 Å². The van der Waals surface area contributed by atoms with Crippen LogP contribution in [0.25, 0.3) is 0 Å². The lowest BCUT2D eigenvalue weighted by Crippen LogP contribution is -2.43. The summed E-state index contributed by atoms with van der Waals surface area (Å²) in [6, 6.07) is 12.4. The van der Waals surface area contributed by atoms with E-state index in [9.17, 15) is 4.39 Å². The molecular formula is C26H32FN9O. The molecule has 0 spiro atoms. The second-order valence-electron chi connectivity index (χ2n) is 9.28. The van der Waals surface area contributed by atoms with Gasteiger partial charge in [0, 0.05) is 51.5 Å². The van der Waals surface area contributed by atoms with Crippen LogP contribution in [0, 0.1) is 5.82 Å². The molecule has 0 atom stereocenters. The Morgan fingerprint density at radius 1 is 0.919 bits per heavy atom. The molecule has 1 aromatic carbocycles. The molecule has 194 valence electrons. The van der Waals surface area contributed by atoms with Gasteiger partial charge in [-0.15, -0.1) is 5.11 Å². The molecule has 0 saturated carbocycles. The topological polar surface area (TPSA) is 94.4 Å². The third-order valence-electron chi connectivity index (χ3n) is 6.49. The Morgan fingerprint density at radius 2 is 1.68 bits per heavy atom. The van der Waals surface area contributed by atoms with E-state index in [4.69, 9.17) is 4.74 Å². The standard InChI is InChI=1S/C26H32FN9O/c1-34-8-10-35(11-9-34)19-20-2-4-21(5-3-20)31-23-7-6-22(28-16-23)17-30-33-26-29-18-24(27)25(32-26)36-12-14-37-15-13-36/h2-7,16,18,31H,8-15,17,19H2,1H3. The number of hydrogen-bond donors (Lipinski definition) is 1. The largest absolute Gasteiger partial charge is 0.378 e. The minimum Gasteiger partial charge on any atom is -0.378 e.